The van der Waals surface area contributed by atoms with Crippen LogP contribution in [0.2, 0.25) is 0 Å². The molecule has 1 fully saturated rings. The number of carbonyl (C=O) groups excluding carboxylic acids is 1. The Morgan fingerprint density at radius 2 is 1.86 bits per heavy atom. The van der Waals surface area contributed by atoms with Crippen LogP contribution in [0.15, 0.2) is 82.8 Å². The van der Waals surface area contributed by atoms with Crippen LogP contribution in [0.5, 0.6) is 0 Å². The van der Waals surface area contributed by atoms with Gasteiger partial charge in [-0.1, -0.05) is 42.1 Å². The van der Waals surface area contributed by atoms with Crippen molar-refractivity contribution in [3.8, 4) is 11.4 Å². The molecule has 1 unspecified atom stereocenters. The fourth-order valence-electron chi connectivity index (χ4n) is 4.32. The molecule has 1 atom stereocenters. The molecule has 4 heterocycles. The Labute approximate surface area is 209 Å². The average molecular weight is 489 g/mol. The quantitative estimate of drug-likeness (QED) is 0.347. The summed E-state index contributed by atoms with van der Waals surface area (Å²) >= 11 is 1.41. The number of thioether (sulfide) groups is 1. The van der Waals surface area contributed by atoms with Crippen molar-refractivity contribution in [3.05, 3.63) is 84.6 Å². The molecule has 0 bridgehead atoms. The number of piperazine rings is 1. The number of benzene rings is 1. The van der Waals surface area contributed by atoms with Crippen LogP contribution in [0, 0.1) is 0 Å². The highest BCUT2D eigenvalue weighted by Gasteiger charge is 2.25. The topological polar surface area (TPSA) is 80.3 Å². The van der Waals surface area contributed by atoms with E-state index in [2.05, 4.69) is 51.3 Å². The molecule has 5 rings (SSSR count). The van der Waals surface area contributed by atoms with Crippen molar-refractivity contribution in [2.24, 2.45) is 0 Å². The third kappa shape index (κ3) is 5.47. The van der Waals surface area contributed by atoms with Crippen molar-refractivity contribution >= 4 is 17.7 Å². The molecule has 0 aliphatic carbocycles. The van der Waals surface area contributed by atoms with Crippen molar-refractivity contribution in [3.63, 3.8) is 0 Å². The molecule has 1 saturated heterocycles. The van der Waals surface area contributed by atoms with Gasteiger partial charge >= 0.3 is 0 Å². The van der Waals surface area contributed by atoms with Crippen molar-refractivity contribution in [1.29, 1.82) is 0 Å². The third-order valence-corrected chi connectivity index (χ3v) is 7.30. The second-order valence-corrected chi connectivity index (χ2v) is 9.45. The van der Waals surface area contributed by atoms with Crippen LogP contribution < -0.4 is 0 Å². The largest absolute Gasteiger partial charge is 0.467 e. The van der Waals surface area contributed by atoms with E-state index in [0.717, 1.165) is 37.5 Å². The normalized spacial score (nSPS) is 15.3. The van der Waals surface area contributed by atoms with Gasteiger partial charge in [-0.2, -0.15) is 0 Å². The Morgan fingerprint density at radius 3 is 2.57 bits per heavy atom. The summed E-state index contributed by atoms with van der Waals surface area (Å²) in [5, 5.41) is 9.47. The van der Waals surface area contributed by atoms with Gasteiger partial charge in [-0.25, -0.2) is 0 Å². The highest BCUT2D eigenvalue weighted by Crippen LogP contribution is 2.26. The van der Waals surface area contributed by atoms with E-state index in [9.17, 15) is 4.79 Å². The summed E-state index contributed by atoms with van der Waals surface area (Å²) in [6, 6.07) is 18.5. The predicted octanol–water partition coefficient (Wildman–Crippen LogP) is 3.98. The molecule has 4 aromatic rings. The molecule has 1 amide bonds. The van der Waals surface area contributed by atoms with Gasteiger partial charge in [0.25, 0.3) is 0 Å². The van der Waals surface area contributed by atoms with Crippen molar-refractivity contribution in [2.75, 3.05) is 31.9 Å². The number of hydrogen-bond acceptors (Lipinski definition) is 7. The van der Waals surface area contributed by atoms with E-state index in [4.69, 9.17) is 4.42 Å². The lowest BCUT2D eigenvalue weighted by Crippen LogP contribution is -2.49. The maximum Gasteiger partial charge on any atom is 0.233 e. The van der Waals surface area contributed by atoms with Crippen LogP contribution in [0.4, 0.5) is 0 Å². The number of carbonyl (C=O) groups is 1. The van der Waals surface area contributed by atoms with Crippen molar-refractivity contribution in [2.45, 2.75) is 24.7 Å². The minimum Gasteiger partial charge on any atom is -0.467 e. The first-order valence-corrected chi connectivity index (χ1v) is 12.7. The number of amides is 1. The van der Waals surface area contributed by atoms with Gasteiger partial charge in [-0.3, -0.25) is 19.2 Å². The Morgan fingerprint density at radius 1 is 1.03 bits per heavy atom. The van der Waals surface area contributed by atoms with Gasteiger partial charge in [0.1, 0.15) is 5.76 Å². The summed E-state index contributed by atoms with van der Waals surface area (Å²) in [4.78, 5) is 21.6. The Hall–Kier alpha value is -3.43. The van der Waals surface area contributed by atoms with Crippen LogP contribution in [0.25, 0.3) is 11.4 Å². The number of nitrogens with zero attached hydrogens (tertiary/aromatic N) is 6. The van der Waals surface area contributed by atoms with E-state index in [1.807, 2.05) is 39.8 Å². The summed E-state index contributed by atoms with van der Waals surface area (Å²) < 4.78 is 7.53. The molecule has 1 aliphatic heterocycles. The molecular weight excluding hydrogens is 460 g/mol. The van der Waals surface area contributed by atoms with E-state index in [0.29, 0.717) is 29.3 Å². The minimum absolute atomic E-state index is 0.123. The Bertz CT molecular complexity index is 1220. The van der Waals surface area contributed by atoms with Crippen LogP contribution in [0.1, 0.15) is 24.3 Å². The van der Waals surface area contributed by atoms with E-state index >= 15 is 0 Å². The van der Waals surface area contributed by atoms with E-state index < -0.39 is 0 Å². The molecule has 1 aliphatic rings. The number of pyridine rings is 1. The summed E-state index contributed by atoms with van der Waals surface area (Å²) in [5.41, 5.74) is 2.18. The highest BCUT2D eigenvalue weighted by atomic mass is 32.2. The molecule has 3 aromatic heterocycles. The Kier molecular flexibility index (Phi) is 7.25. The van der Waals surface area contributed by atoms with E-state index in [-0.39, 0.29) is 5.91 Å². The van der Waals surface area contributed by atoms with E-state index in [1.54, 1.807) is 18.7 Å². The lowest BCUT2D eigenvalue weighted by Gasteiger charge is -2.38. The molecule has 0 N–H and O–H groups in total. The van der Waals surface area contributed by atoms with Gasteiger partial charge < -0.3 is 9.32 Å². The predicted molar refractivity (Wildman–Crippen MR) is 135 cm³/mol. The first kappa shape index (κ1) is 23.3. The monoisotopic (exact) mass is 488 g/mol. The first-order chi connectivity index (χ1) is 17.2. The van der Waals surface area contributed by atoms with Gasteiger partial charge in [0.15, 0.2) is 11.0 Å². The lowest BCUT2D eigenvalue weighted by atomic mass is 10.1. The molecule has 0 spiro atoms. The molecule has 0 radical (unpaired) electrons. The average Bonchev–Trinajstić information content (AvgIpc) is 3.58. The molecule has 9 heteroatoms. The van der Waals surface area contributed by atoms with Gasteiger partial charge in [0, 0.05) is 50.2 Å². The summed E-state index contributed by atoms with van der Waals surface area (Å²) in [7, 11) is 0. The zero-order valence-corrected chi connectivity index (χ0v) is 20.5. The molecule has 8 nitrogen and oxygen atoms in total. The second kappa shape index (κ2) is 10.9. The van der Waals surface area contributed by atoms with Gasteiger partial charge in [-0.05, 0) is 36.8 Å². The van der Waals surface area contributed by atoms with E-state index in [1.165, 1.54) is 17.3 Å². The van der Waals surface area contributed by atoms with Crippen molar-refractivity contribution < 1.29 is 9.21 Å². The number of rotatable bonds is 8. The highest BCUT2D eigenvalue weighted by molar-refractivity contribution is 7.99. The molecule has 0 saturated carbocycles. The lowest BCUT2D eigenvalue weighted by molar-refractivity contribution is -0.130. The molecule has 35 heavy (non-hydrogen) atoms. The standard InChI is InChI=1S/C26H28N6O2S/c1-20(21-7-3-2-4-8-21)30-12-14-31(15-13-30)24(33)19-35-26-29-28-25(22-9-5-11-27-17-22)32(26)18-23-10-6-16-34-23/h2-11,16-17,20H,12-15,18-19H2,1H3. The van der Waals surface area contributed by atoms with Crippen LogP contribution >= 0.6 is 11.8 Å². The van der Waals surface area contributed by atoms with Gasteiger partial charge in [0.2, 0.25) is 5.91 Å². The number of furan rings is 1. The molecule has 1 aromatic carbocycles. The maximum absolute atomic E-state index is 13.0. The fraction of sp³-hybridized carbons (Fsp3) is 0.308. The van der Waals surface area contributed by atoms with Crippen LogP contribution in [-0.4, -0.2) is 67.4 Å². The molecular formula is C26H28N6O2S. The first-order valence-electron chi connectivity index (χ1n) is 11.7. The summed E-state index contributed by atoms with van der Waals surface area (Å²) in [5.74, 6) is 1.94. The van der Waals surface area contributed by atoms with Crippen molar-refractivity contribution in [1.82, 2.24) is 29.5 Å². The zero-order chi connectivity index (χ0) is 24.0. The summed E-state index contributed by atoms with van der Waals surface area (Å²) in [6.45, 7) is 5.91. The fourth-order valence-corrected chi connectivity index (χ4v) is 5.16. The zero-order valence-electron chi connectivity index (χ0n) is 19.7. The van der Waals surface area contributed by atoms with Gasteiger partial charge in [0.05, 0.1) is 18.6 Å². The van der Waals surface area contributed by atoms with Gasteiger partial charge in [-0.15, -0.1) is 10.2 Å². The number of aromatic nitrogens is 4. The van der Waals surface area contributed by atoms with Crippen LogP contribution in [-0.2, 0) is 11.3 Å². The maximum atomic E-state index is 13.0. The van der Waals surface area contributed by atoms with Crippen LogP contribution in [0.3, 0.4) is 0 Å². The minimum atomic E-state index is 0.123. The smallest absolute Gasteiger partial charge is 0.233 e. The summed E-state index contributed by atoms with van der Waals surface area (Å²) in [6.07, 6.45) is 5.14. The molecule has 180 valence electrons. The SMILES string of the molecule is CC(c1ccccc1)N1CCN(C(=O)CSc2nnc(-c3cccnc3)n2Cc2ccco2)CC1. The Balaban J connectivity index is 1.22. The third-order valence-electron chi connectivity index (χ3n) is 6.35. The second-order valence-electron chi connectivity index (χ2n) is 8.51. The number of hydrogen-bond donors (Lipinski definition) is 0.